The van der Waals surface area contributed by atoms with Crippen LogP contribution in [-0.4, -0.2) is 57.9 Å². The zero-order chi connectivity index (χ0) is 19.8. The van der Waals surface area contributed by atoms with Gasteiger partial charge in [0.05, 0.1) is 20.3 Å². The van der Waals surface area contributed by atoms with Crippen molar-refractivity contribution in [1.29, 1.82) is 0 Å². The van der Waals surface area contributed by atoms with Crippen LogP contribution in [0, 0.1) is 5.92 Å². The minimum absolute atomic E-state index is 0. The van der Waals surface area contributed by atoms with Gasteiger partial charge in [-0.15, -0.1) is 24.0 Å². The number of benzene rings is 1. The van der Waals surface area contributed by atoms with E-state index in [2.05, 4.69) is 41.4 Å². The van der Waals surface area contributed by atoms with Crippen LogP contribution in [0.1, 0.15) is 51.0 Å². The maximum atomic E-state index is 5.36. The summed E-state index contributed by atoms with van der Waals surface area (Å²) in [6, 6.07) is 8.68. The summed E-state index contributed by atoms with van der Waals surface area (Å²) >= 11 is 0. The first-order chi connectivity index (χ1) is 13.7. The second-order valence-corrected chi connectivity index (χ2v) is 8.30. The molecule has 5 nitrogen and oxygen atoms in total. The molecule has 1 saturated heterocycles. The number of aliphatic imine (C=N–C) groups is 1. The molecular weight excluding hydrogens is 477 g/mol. The Bertz CT molecular complexity index is 630. The van der Waals surface area contributed by atoms with Gasteiger partial charge in [-0.1, -0.05) is 31.4 Å². The van der Waals surface area contributed by atoms with E-state index in [1.165, 1.54) is 44.1 Å². The Kier molecular flexibility index (Phi) is 10.0. The first-order valence-electron chi connectivity index (χ1n) is 10.9. The second-order valence-electron chi connectivity index (χ2n) is 8.30. The van der Waals surface area contributed by atoms with E-state index >= 15 is 0 Å². The third-order valence-corrected chi connectivity index (χ3v) is 6.37. The number of likely N-dealkylation sites (tertiary alicyclic amines) is 1. The Morgan fingerprint density at radius 1 is 1.17 bits per heavy atom. The van der Waals surface area contributed by atoms with Crippen molar-refractivity contribution in [2.45, 2.75) is 50.9 Å². The summed E-state index contributed by atoms with van der Waals surface area (Å²) in [7, 11) is 3.52. The van der Waals surface area contributed by atoms with Crippen LogP contribution in [0.15, 0.2) is 29.3 Å². The highest BCUT2D eigenvalue weighted by Crippen LogP contribution is 2.40. The number of guanidine groups is 1. The summed E-state index contributed by atoms with van der Waals surface area (Å²) in [5.41, 5.74) is 1.56. The smallest absolute Gasteiger partial charge is 0.193 e. The lowest BCUT2D eigenvalue weighted by Crippen LogP contribution is -2.42. The molecular formula is C23H38IN3O2. The predicted molar refractivity (Wildman–Crippen MR) is 131 cm³/mol. The summed E-state index contributed by atoms with van der Waals surface area (Å²) in [4.78, 5) is 7.58. The molecule has 1 aliphatic carbocycles. The van der Waals surface area contributed by atoms with Crippen LogP contribution >= 0.6 is 24.0 Å². The minimum atomic E-state index is 0. The van der Waals surface area contributed by atoms with Gasteiger partial charge in [0.25, 0.3) is 0 Å². The summed E-state index contributed by atoms with van der Waals surface area (Å²) in [6.07, 6.45) is 7.53. The van der Waals surface area contributed by atoms with Gasteiger partial charge in [-0.25, -0.2) is 0 Å². The number of nitrogens with one attached hydrogen (secondary N) is 1. The van der Waals surface area contributed by atoms with Gasteiger partial charge in [0.15, 0.2) is 5.96 Å². The third kappa shape index (κ3) is 6.23. The summed E-state index contributed by atoms with van der Waals surface area (Å²) < 4.78 is 10.7. The molecule has 1 aliphatic heterocycles. The van der Waals surface area contributed by atoms with Gasteiger partial charge in [-0.3, -0.25) is 4.99 Å². The van der Waals surface area contributed by atoms with Gasteiger partial charge in [-0.2, -0.15) is 0 Å². The van der Waals surface area contributed by atoms with E-state index in [0.29, 0.717) is 5.92 Å². The molecule has 1 aromatic rings. The fourth-order valence-corrected chi connectivity index (χ4v) is 4.76. The van der Waals surface area contributed by atoms with Gasteiger partial charge in [0.1, 0.15) is 5.75 Å². The van der Waals surface area contributed by atoms with Crippen molar-refractivity contribution in [1.82, 2.24) is 10.2 Å². The van der Waals surface area contributed by atoms with Crippen LogP contribution in [0.3, 0.4) is 0 Å². The van der Waals surface area contributed by atoms with Crippen molar-refractivity contribution >= 4 is 29.9 Å². The van der Waals surface area contributed by atoms with E-state index in [1.807, 2.05) is 0 Å². The fraction of sp³-hybridized carbons (Fsp3) is 0.696. The molecule has 164 valence electrons. The number of halogens is 1. The fourth-order valence-electron chi connectivity index (χ4n) is 4.76. The molecule has 29 heavy (non-hydrogen) atoms. The molecule has 2 fully saturated rings. The minimum Gasteiger partial charge on any atom is -0.497 e. The lowest BCUT2D eigenvalue weighted by molar-refractivity contribution is 0.157. The zero-order valence-electron chi connectivity index (χ0n) is 18.3. The standard InChI is InChI=1S/C23H37N3O2.HI/c1-4-24-22(26-15-12-19(16-26)17-27-2)25-18-23(13-6-5-7-14-23)20-8-10-21(28-3)11-9-20;/h8-11,19H,4-7,12-18H2,1-3H3,(H,24,25);1H. The highest BCUT2D eigenvalue weighted by Gasteiger charge is 2.34. The van der Waals surface area contributed by atoms with Crippen LogP contribution in [-0.2, 0) is 10.2 Å². The molecule has 1 saturated carbocycles. The van der Waals surface area contributed by atoms with Crippen molar-refractivity contribution in [3.63, 3.8) is 0 Å². The van der Waals surface area contributed by atoms with E-state index in [9.17, 15) is 0 Å². The highest BCUT2D eigenvalue weighted by molar-refractivity contribution is 14.0. The van der Waals surface area contributed by atoms with Gasteiger partial charge in [-0.05, 0) is 43.9 Å². The summed E-state index contributed by atoms with van der Waals surface area (Å²) in [5, 5.41) is 3.53. The number of hydrogen-bond acceptors (Lipinski definition) is 3. The quantitative estimate of drug-likeness (QED) is 0.331. The lowest BCUT2D eigenvalue weighted by Gasteiger charge is -2.37. The van der Waals surface area contributed by atoms with E-state index in [-0.39, 0.29) is 29.4 Å². The summed E-state index contributed by atoms with van der Waals surface area (Å²) in [6.45, 7) is 6.85. The van der Waals surface area contributed by atoms with Crippen LogP contribution in [0.4, 0.5) is 0 Å². The normalized spacial score (nSPS) is 21.6. The van der Waals surface area contributed by atoms with Crippen LogP contribution in [0.2, 0.25) is 0 Å². The Labute approximate surface area is 193 Å². The van der Waals surface area contributed by atoms with E-state index in [0.717, 1.165) is 44.5 Å². The SMILES string of the molecule is CCNC(=NCC1(c2ccc(OC)cc2)CCCCC1)N1CCC(COC)C1.I. The third-order valence-electron chi connectivity index (χ3n) is 6.37. The molecule has 0 radical (unpaired) electrons. The molecule has 0 aromatic heterocycles. The van der Waals surface area contributed by atoms with E-state index in [4.69, 9.17) is 14.5 Å². The number of methoxy groups -OCH3 is 2. The molecule has 1 aromatic carbocycles. The van der Waals surface area contributed by atoms with Crippen molar-refractivity contribution in [3.8, 4) is 5.75 Å². The zero-order valence-corrected chi connectivity index (χ0v) is 20.6. The molecule has 2 aliphatic rings. The Hall–Kier alpha value is -1.02. The maximum absolute atomic E-state index is 5.36. The molecule has 1 atom stereocenters. The molecule has 3 rings (SSSR count). The number of ether oxygens (including phenoxy) is 2. The molecule has 1 heterocycles. The van der Waals surface area contributed by atoms with Crippen molar-refractivity contribution < 1.29 is 9.47 Å². The molecule has 1 N–H and O–H groups in total. The average Bonchev–Trinajstić information content (AvgIpc) is 3.20. The largest absolute Gasteiger partial charge is 0.497 e. The summed E-state index contributed by atoms with van der Waals surface area (Å²) in [5.74, 6) is 2.60. The average molecular weight is 515 g/mol. The predicted octanol–water partition coefficient (Wildman–Crippen LogP) is 4.45. The first kappa shape index (κ1) is 24.3. The Balaban J connectivity index is 0.00000300. The topological polar surface area (TPSA) is 46.1 Å². The van der Waals surface area contributed by atoms with Crippen LogP contribution in [0.25, 0.3) is 0 Å². The second kappa shape index (κ2) is 12.0. The lowest BCUT2D eigenvalue weighted by atomic mass is 9.69. The van der Waals surface area contributed by atoms with Crippen molar-refractivity contribution in [2.24, 2.45) is 10.9 Å². The molecule has 1 unspecified atom stereocenters. The highest BCUT2D eigenvalue weighted by atomic mass is 127. The van der Waals surface area contributed by atoms with E-state index < -0.39 is 0 Å². The van der Waals surface area contributed by atoms with Gasteiger partial charge >= 0.3 is 0 Å². The first-order valence-corrected chi connectivity index (χ1v) is 10.9. The molecule has 0 bridgehead atoms. The van der Waals surface area contributed by atoms with Gasteiger partial charge in [0, 0.05) is 38.1 Å². The van der Waals surface area contributed by atoms with Gasteiger partial charge < -0.3 is 19.7 Å². The maximum Gasteiger partial charge on any atom is 0.193 e. The number of rotatable bonds is 7. The van der Waals surface area contributed by atoms with Crippen molar-refractivity contribution in [3.05, 3.63) is 29.8 Å². The van der Waals surface area contributed by atoms with E-state index in [1.54, 1.807) is 14.2 Å². The Morgan fingerprint density at radius 3 is 2.52 bits per heavy atom. The Morgan fingerprint density at radius 2 is 1.90 bits per heavy atom. The molecule has 0 spiro atoms. The van der Waals surface area contributed by atoms with Crippen molar-refractivity contribution in [2.75, 3.05) is 47.0 Å². The van der Waals surface area contributed by atoms with Crippen LogP contribution in [0.5, 0.6) is 5.75 Å². The number of nitrogens with zero attached hydrogens (tertiary/aromatic N) is 2. The number of hydrogen-bond donors (Lipinski definition) is 1. The molecule has 6 heteroatoms. The molecule has 0 amide bonds. The van der Waals surface area contributed by atoms with Crippen LogP contribution < -0.4 is 10.1 Å². The monoisotopic (exact) mass is 515 g/mol. The van der Waals surface area contributed by atoms with Gasteiger partial charge in [0.2, 0.25) is 0 Å².